The Bertz CT molecular complexity index is 790. The monoisotopic (exact) mass is 339 g/mol. The van der Waals surface area contributed by atoms with Crippen LogP contribution in [-0.4, -0.2) is 43.1 Å². The number of alkyl halides is 3. The van der Waals surface area contributed by atoms with Gasteiger partial charge < -0.3 is 14.8 Å². The number of nitrogens with zero attached hydrogens (tertiary/aromatic N) is 2. The number of aromatic amines is 1. The Labute approximate surface area is 137 Å². The second-order valence-corrected chi connectivity index (χ2v) is 6.43. The van der Waals surface area contributed by atoms with Gasteiger partial charge in [0.25, 0.3) is 5.56 Å². The number of nitrogens with one attached hydrogen (secondary N) is 1. The van der Waals surface area contributed by atoms with E-state index in [-0.39, 0.29) is 10.8 Å². The van der Waals surface area contributed by atoms with Crippen molar-refractivity contribution in [3.05, 3.63) is 40.2 Å². The van der Waals surface area contributed by atoms with E-state index in [0.717, 1.165) is 18.9 Å². The van der Waals surface area contributed by atoms with Gasteiger partial charge in [-0.2, -0.15) is 13.2 Å². The number of hydrogen-bond acceptors (Lipinski definition) is 3. The van der Waals surface area contributed by atoms with E-state index in [9.17, 15) is 18.0 Å². The van der Waals surface area contributed by atoms with Crippen molar-refractivity contribution in [2.24, 2.45) is 0 Å². The van der Waals surface area contributed by atoms with E-state index in [1.54, 1.807) is 0 Å². The standard InChI is InChI=1S/C17H20F3N3O/c1-22(2)11-6-8-23(9-7-11)15-10-13-12(16(24)21-15)4-3-5-14(13)17(18,19)20/h3-5,10-11H,6-9H2,1-2H3,(H,21,24). The first kappa shape index (κ1) is 16.8. The predicted octanol–water partition coefficient (Wildman–Crippen LogP) is 3.08. The number of piperidine rings is 1. The van der Waals surface area contributed by atoms with Crippen molar-refractivity contribution in [2.75, 3.05) is 32.1 Å². The number of hydrogen-bond donors (Lipinski definition) is 1. The molecule has 1 N–H and O–H groups in total. The fourth-order valence-corrected chi connectivity index (χ4v) is 3.32. The summed E-state index contributed by atoms with van der Waals surface area (Å²) in [6, 6.07) is 5.62. The molecule has 4 nitrogen and oxygen atoms in total. The summed E-state index contributed by atoms with van der Waals surface area (Å²) in [7, 11) is 4.04. The first-order valence-electron chi connectivity index (χ1n) is 7.92. The van der Waals surface area contributed by atoms with Crippen LogP contribution in [0.3, 0.4) is 0 Å². The van der Waals surface area contributed by atoms with E-state index < -0.39 is 17.3 Å². The van der Waals surface area contributed by atoms with E-state index in [0.29, 0.717) is 24.9 Å². The number of rotatable bonds is 2. The van der Waals surface area contributed by atoms with Gasteiger partial charge in [-0.15, -0.1) is 0 Å². The molecule has 0 unspecified atom stereocenters. The Morgan fingerprint density at radius 3 is 2.42 bits per heavy atom. The minimum atomic E-state index is -4.48. The molecule has 0 aliphatic carbocycles. The van der Waals surface area contributed by atoms with Crippen molar-refractivity contribution in [3.63, 3.8) is 0 Å². The van der Waals surface area contributed by atoms with Crippen molar-refractivity contribution in [2.45, 2.75) is 25.1 Å². The van der Waals surface area contributed by atoms with Crippen LogP contribution in [-0.2, 0) is 6.18 Å². The molecule has 1 fully saturated rings. The van der Waals surface area contributed by atoms with E-state index in [2.05, 4.69) is 9.88 Å². The predicted molar refractivity (Wildman–Crippen MR) is 88.5 cm³/mol. The van der Waals surface area contributed by atoms with Gasteiger partial charge in [-0.25, -0.2) is 0 Å². The second kappa shape index (κ2) is 6.12. The van der Waals surface area contributed by atoms with Crippen LogP contribution in [0.5, 0.6) is 0 Å². The Hall–Kier alpha value is -2.02. The SMILES string of the molecule is CN(C)C1CCN(c2cc3c(C(F)(F)F)cccc3c(=O)[nH]2)CC1. The van der Waals surface area contributed by atoms with Crippen molar-refractivity contribution in [1.29, 1.82) is 0 Å². The lowest BCUT2D eigenvalue weighted by Crippen LogP contribution is -2.42. The third kappa shape index (κ3) is 3.13. The van der Waals surface area contributed by atoms with Crippen LogP contribution in [0.15, 0.2) is 29.1 Å². The fourth-order valence-electron chi connectivity index (χ4n) is 3.32. The number of aromatic nitrogens is 1. The third-order valence-corrected chi connectivity index (χ3v) is 4.71. The van der Waals surface area contributed by atoms with Gasteiger partial charge in [-0.3, -0.25) is 4.79 Å². The molecule has 0 bridgehead atoms. The quantitative estimate of drug-likeness (QED) is 0.914. The van der Waals surface area contributed by atoms with Crippen LogP contribution in [0.2, 0.25) is 0 Å². The number of pyridine rings is 1. The third-order valence-electron chi connectivity index (χ3n) is 4.71. The minimum absolute atomic E-state index is 0.0431. The maximum Gasteiger partial charge on any atom is 0.417 e. The summed E-state index contributed by atoms with van der Waals surface area (Å²) in [4.78, 5) is 19.1. The molecule has 130 valence electrons. The summed E-state index contributed by atoms with van der Waals surface area (Å²) in [6.07, 6.45) is -2.66. The average Bonchev–Trinajstić information content (AvgIpc) is 2.53. The normalized spacial score (nSPS) is 17.0. The molecule has 0 saturated carbocycles. The van der Waals surface area contributed by atoms with E-state index in [4.69, 9.17) is 0 Å². The Kier molecular flexibility index (Phi) is 4.29. The summed E-state index contributed by atoms with van der Waals surface area (Å²) in [5.74, 6) is 0.460. The molecule has 1 aromatic heterocycles. The van der Waals surface area contributed by atoms with Crippen LogP contribution < -0.4 is 10.5 Å². The number of fused-ring (bicyclic) bond motifs is 1. The van der Waals surface area contributed by atoms with Gasteiger partial charge in [0.1, 0.15) is 5.82 Å². The molecule has 24 heavy (non-hydrogen) atoms. The molecule has 3 rings (SSSR count). The maximum absolute atomic E-state index is 13.2. The Morgan fingerprint density at radius 2 is 1.83 bits per heavy atom. The average molecular weight is 339 g/mol. The Balaban J connectivity index is 2.00. The lowest BCUT2D eigenvalue weighted by molar-refractivity contribution is -0.136. The van der Waals surface area contributed by atoms with Gasteiger partial charge in [-0.1, -0.05) is 6.07 Å². The van der Waals surface area contributed by atoms with Crippen molar-refractivity contribution in [1.82, 2.24) is 9.88 Å². The van der Waals surface area contributed by atoms with Gasteiger partial charge in [0, 0.05) is 29.9 Å². The molecule has 2 heterocycles. The molecule has 0 atom stereocenters. The molecule has 1 saturated heterocycles. The molecule has 1 aliphatic heterocycles. The molecule has 0 spiro atoms. The Morgan fingerprint density at radius 1 is 1.17 bits per heavy atom. The highest BCUT2D eigenvalue weighted by atomic mass is 19.4. The van der Waals surface area contributed by atoms with E-state index in [1.807, 2.05) is 19.0 Å². The molecule has 0 radical (unpaired) electrons. The van der Waals surface area contributed by atoms with Gasteiger partial charge in [-0.05, 0) is 45.1 Å². The van der Waals surface area contributed by atoms with Crippen molar-refractivity contribution >= 4 is 16.6 Å². The number of benzene rings is 1. The van der Waals surface area contributed by atoms with Crippen molar-refractivity contribution < 1.29 is 13.2 Å². The molecule has 1 aromatic carbocycles. The smallest absolute Gasteiger partial charge is 0.358 e. The molecule has 7 heteroatoms. The van der Waals surface area contributed by atoms with Gasteiger partial charge in [0.2, 0.25) is 0 Å². The van der Waals surface area contributed by atoms with Crippen molar-refractivity contribution in [3.8, 4) is 0 Å². The van der Waals surface area contributed by atoms with E-state index in [1.165, 1.54) is 18.2 Å². The van der Waals surface area contributed by atoms with Crippen LogP contribution in [0, 0.1) is 0 Å². The van der Waals surface area contributed by atoms with Crippen LogP contribution >= 0.6 is 0 Å². The largest absolute Gasteiger partial charge is 0.417 e. The van der Waals surface area contributed by atoms with E-state index >= 15 is 0 Å². The number of halogens is 3. The number of H-pyrrole nitrogens is 1. The highest BCUT2D eigenvalue weighted by molar-refractivity contribution is 5.87. The van der Waals surface area contributed by atoms with Gasteiger partial charge in [0.15, 0.2) is 0 Å². The summed E-state index contributed by atoms with van der Waals surface area (Å²) in [5, 5.41) is 0.0234. The number of anilines is 1. The summed E-state index contributed by atoms with van der Waals surface area (Å²) < 4.78 is 39.7. The van der Waals surface area contributed by atoms with Crippen LogP contribution in [0.25, 0.3) is 10.8 Å². The van der Waals surface area contributed by atoms with Crippen LogP contribution in [0.1, 0.15) is 18.4 Å². The minimum Gasteiger partial charge on any atom is -0.358 e. The zero-order chi connectivity index (χ0) is 17.5. The first-order chi connectivity index (χ1) is 11.3. The van der Waals surface area contributed by atoms with Crippen LogP contribution in [0.4, 0.5) is 19.0 Å². The zero-order valence-electron chi connectivity index (χ0n) is 13.7. The first-order valence-corrected chi connectivity index (χ1v) is 7.92. The topological polar surface area (TPSA) is 39.3 Å². The lowest BCUT2D eigenvalue weighted by Gasteiger charge is -2.36. The van der Waals surface area contributed by atoms with Gasteiger partial charge >= 0.3 is 6.18 Å². The summed E-state index contributed by atoms with van der Waals surface area (Å²) in [6.45, 7) is 1.41. The maximum atomic E-state index is 13.2. The fraction of sp³-hybridized carbons (Fsp3) is 0.471. The lowest BCUT2D eigenvalue weighted by atomic mass is 10.0. The summed E-state index contributed by atoms with van der Waals surface area (Å²) in [5.41, 5.74) is -1.25. The second-order valence-electron chi connectivity index (χ2n) is 6.43. The van der Waals surface area contributed by atoms with Gasteiger partial charge in [0.05, 0.1) is 5.56 Å². The summed E-state index contributed by atoms with van der Waals surface area (Å²) >= 11 is 0. The highest BCUT2D eigenvalue weighted by Crippen LogP contribution is 2.35. The molecule has 2 aromatic rings. The zero-order valence-corrected chi connectivity index (χ0v) is 13.7. The molecular formula is C17H20F3N3O. The molecular weight excluding hydrogens is 319 g/mol. The molecule has 0 amide bonds. The molecule has 1 aliphatic rings. The highest BCUT2D eigenvalue weighted by Gasteiger charge is 2.33.